The summed E-state index contributed by atoms with van der Waals surface area (Å²) in [5.41, 5.74) is 3.23. The fourth-order valence-electron chi connectivity index (χ4n) is 7.80. The average Bonchev–Trinajstić information content (AvgIpc) is 3.02. The van der Waals surface area contributed by atoms with Gasteiger partial charge in [0.25, 0.3) is 0 Å². The zero-order valence-electron chi connectivity index (χ0n) is 17.5. The van der Waals surface area contributed by atoms with E-state index in [9.17, 15) is 4.79 Å². The van der Waals surface area contributed by atoms with Crippen molar-refractivity contribution in [2.75, 3.05) is 7.05 Å². The predicted molar refractivity (Wildman–Crippen MR) is 110 cm³/mol. The molecule has 1 aliphatic heterocycles. The minimum Gasteiger partial charge on any atom is -0.342 e. The van der Waals surface area contributed by atoms with E-state index in [0.717, 1.165) is 36.3 Å². The topological polar surface area (TPSA) is 46.1 Å². The molecule has 28 heavy (non-hydrogen) atoms. The molecule has 150 valence electrons. The van der Waals surface area contributed by atoms with Gasteiger partial charge in [-0.1, -0.05) is 19.4 Å². The van der Waals surface area contributed by atoms with E-state index >= 15 is 0 Å². The third kappa shape index (κ3) is 2.52. The summed E-state index contributed by atoms with van der Waals surface area (Å²) in [6.07, 6.45) is 17.2. The Kier molecular flexibility index (Phi) is 4.19. The van der Waals surface area contributed by atoms with Gasteiger partial charge < -0.3 is 4.90 Å². The number of carbonyl (C=O) groups excluding carboxylic acids is 1. The Morgan fingerprint density at radius 2 is 1.93 bits per heavy atom. The van der Waals surface area contributed by atoms with Crippen LogP contribution in [0, 0.1) is 28.6 Å². The molecule has 3 aliphatic carbocycles. The molecule has 1 aromatic rings. The number of nitrogens with zero attached hydrogens (tertiary/aromatic N) is 3. The van der Waals surface area contributed by atoms with Crippen molar-refractivity contribution < 1.29 is 4.79 Å². The minimum absolute atomic E-state index is 0.310. The monoisotopic (exact) mass is 379 g/mol. The summed E-state index contributed by atoms with van der Waals surface area (Å²) in [5, 5.41) is 0. The van der Waals surface area contributed by atoms with E-state index in [1.165, 1.54) is 38.5 Å². The summed E-state index contributed by atoms with van der Waals surface area (Å²) in [5.74, 6) is 2.73. The Morgan fingerprint density at radius 3 is 2.71 bits per heavy atom. The molecule has 0 radical (unpaired) electrons. The normalized spacial score (nSPS) is 44.2. The molecule has 2 heterocycles. The maximum absolute atomic E-state index is 12.3. The zero-order valence-corrected chi connectivity index (χ0v) is 17.5. The van der Waals surface area contributed by atoms with E-state index in [4.69, 9.17) is 0 Å². The number of hydrogen-bond donors (Lipinski definition) is 0. The Morgan fingerprint density at radius 1 is 1.07 bits per heavy atom. The molecule has 1 amide bonds. The Bertz CT molecular complexity index is 805. The van der Waals surface area contributed by atoms with E-state index < -0.39 is 0 Å². The highest BCUT2D eigenvalue weighted by atomic mass is 16.2. The third-order valence-electron chi connectivity index (χ3n) is 9.31. The van der Waals surface area contributed by atoms with Crippen LogP contribution in [0.3, 0.4) is 0 Å². The number of likely N-dealkylation sites (tertiary alicyclic amines) is 1. The van der Waals surface area contributed by atoms with E-state index in [2.05, 4.69) is 41.8 Å². The van der Waals surface area contributed by atoms with Crippen LogP contribution in [0.25, 0.3) is 6.08 Å². The summed E-state index contributed by atoms with van der Waals surface area (Å²) < 4.78 is 0. The fraction of sp³-hybridized carbons (Fsp3) is 0.708. The Labute approximate surface area is 168 Å². The second-order valence-corrected chi connectivity index (χ2v) is 10.3. The van der Waals surface area contributed by atoms with Crippen LogP contribution in [-0.4, -0.2) is 33.9 Å². The summed E-state index contributed by atoms with van der Waals surface area (Å²) in [7, 11) is 2.05. The number of carbonyl (C=O) groups is 1. The van der Waals surface area contributed by atoms with Crippen LogP contribution in [0.15, 0.2) is 24.2 Å². The number of fused-ring (bicyclic) bond motifs is 5. The van der Waals surface area contributed by atoms with Gasteiger partial charge in [-0.2, -0.15) is 0 Å². The van der Waals surface area contributed by atoms with Gasteiger partial charge in [0.15, 0.2) is 0 Å². The number of allylic oxidation sites excluding steroid dienone is 1. The van der Waals surface area contributed by atoms with E-state index in [0.29, 0.717) is 22.8 Å². The second kappa shape index (κ2) is 6.40. The van der Waals surface area contributed by atoms with Crippen molar-refractivity contribution >= 4 is 12.0 Å². The lowest BCUT2D eigenvalue weighted by Crippen LogP contribution is -2.61. The fourth-order valence-corrected chi connectivity index (χ4v) is 7.80. The first-order valence-corrected chi connectivity index (χ1v) is 11.2. The first kappa shape index (κ1) is 18.3. The highest BCUT2D eigenvalue weighted by Crippen LogP contribution is 2.66. The number of amides is 1. The molecule has 0 spiro atoms. The maximum atomic E-state index is 12.3. The molecular weight excluding hydrogens is 346 g/mol. The average molecular weight is 380 g/mol. The zero-order chi connectivity index (χ0) is 19.5. The largest absolute Gasteiger partial charge is 0.342 e. The predicted octanol–water partition coefficient (Wildman–Crippen LogP) is 4.72. The molecular formula is C24H33N3O. The summed E-state index contributed by atoms with van der Waals surface area (Å²) >= 11 is 0. The molecule has 4 nitrogen and oxygen atoms in total. The molecule has 3 saturated carbocycles. The van der Waals surface area contributed by atoms with Crippen molar-refractivity contribution in [3.8, 4) is 0 Å². The quantitative estimate of drug-likeness (QED) is 0.709. The lowest BCUT2D eigenvalue weighted by Gasteiger charge is -2.61. The first-order chi connectivity index (χ1) is 13.4. The standard InChI is InChI=1S/C24H33N3O/c1-23-10-8-20-18(5-7-21-24(20,2)11-9-22(28)27(21)3)19(23)6-4-16(23)14-17-15-25-12-13-26-17/h12-15,18-21H,4-11H2,1-3H3/b16-14-/t18-,19-,20-,21+,23+,24+/m0/s1. The number of rotatable bonds is 1. The van der Waals surface area contributed by atoms with Crippen molar-refractivity contribution in [1.82, 2.24) is 14.9 Å². The van der Waals surface area contributed by atoms with Gasteiger partial charge in [0.1, 0.15) is 0 Å². The maximum Gasteiger partial charge on any atom is 0.222 e. The van der Waals surface area contributed by atoms with Crippen LogP contribution in [0.1, 0.15) is 70.9 Å². The highest BCUT2D eigenvalue weighted by Gasteiger charge is 2.60. The molecule has 0 N–H and O–H groups in total. The van der Waals surface area contributed by atoms with Crippen LogP contribution in [0.5, 0.6) is 0 Å². The van der Waals surface area contributed by atoms with Crippen molar-refractivity contribution in [1.29, 1.82) is 0 Å². The van der Waals surface area contributed by atoms with E-state index in [-0.39, 0.29) is 0 Å². The van der Waals surface area contributed by atoms with Gasteiger partial charge in [0.2, 0.25) is 5.91 Å². The highest BCUT2D eigenvalue weighted by molar-refractivity contribution is 5.77. The van der Waals surface area contributed by atoms with Crippen LogP contribution < -0.4 is 0 Å². The molecule has 4 fully saturated rings. The number of hydrogen-bond acceptors (Lipinski definition) is 3. The van der Waals surface area contributed by atoms with Crippen LogP contribution in [-0.2, 0) is 4.79 Å². The van der Waals surface area contributed by atoms with Crippen molar-refractivity contribution in [3.05, 3.63) is 29.9 Å². The molecule has 0 unspecified atom stereocenters. The van der Waals surface area contributed by atoms with Gasteiger partial charge >= 0.3 is 0 Å². The Balaban J connectivity index is 1.44. The van der Waals surface area contributed by atoms with Gasteiger partial charge in [-0.15, -0.1) is 0 Å². The molecule has 6 atom stereocenters. The summed E-state index contributed by atoms with van der Waals surface area (Å²) in [6, 6.07) is 0.454. The molecule has 0 bridgehead atoms. The van der Waals surface area contributed by atoms with Crippen LogP contribution in [0.2, 0.25) is 0 Å². The second-order valence-electron chi connectivity index (χ2n) is 10.3. The van der Waals surface area contributed by atoms with E-state index in [1.807, 2.05) is 6.20 Å². The minimum atomic E-state index is 0.310. The number of aromatic nitrogens is 2. The van der Waals surface area contributed by atoms with Crippen LogP contribution in [0.4, 0.5) is 0 Å². The molecule has 5 rings (SSSR count). The lowest BCUT2D eigenvalue weighted by molar-refractivity contribution is -0.156. The van der Waals surface area contributed by atoms with Crippen molar-refractivity contribution in [2.45, 2.75) is 71.3 Å². The molecule has 1 saturated heterocycles. The smallest absolute Gasteiger partial charge is 0.222 e. The lowest BCUT2D eigenvalue weighted by atomic mass is 9.47. The molecule has 4 aliphatic rings. The van der Waals surface area contributed by atoms with Gasteiger partial charge in [-0.3, -0.25) is 14.8 Å². The van der Waals surface area contributed by atoms with Gasteiger partial charge in [-0.05, 0) is 79.6 Å². The summed E-state index contributed by atoms with van der Waals surface area (Å²) in [4.78, 5) is 23.2. The summed E-state index contributed by atoms with van der Waals surface area (Å²) in [6.45, 7) is 5.03. The van der Waals surface area contributed by atoms with Crippen molar-refractivity contribution in [2.24, 2.45) is 28.6 Å². The van der Waals surface area contributed by atoms with E-state index in [1.54, 1.807) is 18.0 Å². The number of piperidine rings is 1. The third-order valence-corrected chi connectivity index (χ3v) is 9.31. The van der Waals surface area contributed by atoms with Gasteiger partial charge in [-0.25, -0.2) is 0 Å². The van der Waals surface area contributed by atoms with Crippen LogP contribution >= 0.6 is 0 Å². The first-order valence-electron chi connectivity index (χ1n) is 11.2. The molecule has 1 aromatic heterocycles. The molecule has 4 heteroatoms. The van der Waals surface area contributed by atoms with Gasteiger partial charge in [0, 0.05) is 31.9 Å². The van der Waals surface area contributed by atoms with Gasteiger partial charge in [0.05, 0.1) is 11.9 Å². The van der Waals surface area contributed by atoms with Crippen molar-refractivity contribution in [3.63, 3.8) is 0 Å². The Hall–Kier alpha value is -1.71. The SMILES string of the molecule is CN1C(=O)CC[C@]2(C)[C@H]3CC[C@]4(C)/C(=C\c5cnccn5)CC[C@H]4[C@@H]3CC[C@@H]12. The molecule has 0 aromatic carbocycles.